The lowest BCUT2D eigenvalue weighted by Crippen LogP contribution is -2.62. The quantitative estimate of drug-likeness (QED) is 0.741. The molecule has 4 bridgehead atoms. The van der Waals surface area contributed by atoms with Gasteiger partial charge in [-0.15, -0.1) is 0 Å². The van der Waals surface area contributed by atoms with E-state index in [1.807, 2.05) is 38.1 Å². The number of hydrogen-bond acceptors (Lipinski definition) is 4. The predicted molar refractivity (Wildman–Crippen MR) is 69.7 cm³/mol. The van der Waals surface area contributed by atoms with Crippen LogP contribution < -0.4 is 0 Å². The van der Waals surface area contributed by atoms with Gasteiger partial charge < -0.3 is 9.47 Å². The molecule has 19 heavy (non-hydrogen) atoms. The molecule has 0 spiro atoms. The number of rotatable bonds is 1. The molecule has 4 aliphatic heterocycles. The number of ether oxygens (including phenoxy) is 2. The van der Waals surface area contributed by atoms with Crippen molar-refractivity contribution in [3.63, 3.8) is 0 Å². The number of hydrogen-bond donors (Lipinski definition) is 0. The number of benzene rings is 1. The van der Waals surface area contributed by atoms with Crippen LogP contribution in [0, 0.1) is 5.92 Å². The van der Waals surface area contributed by atoms with Gasteiger partial charge in [-0.2, -0.15) is 9.78 Å². The average Bonchev–Trinajstić information content (AvgIpc) is 2.58. The summed E-state index contributed by atoms with van der Waals surface area (Å²) in [6, 6.07) is 7.97. The van der Waals surface area contributed by atoms with Gasteiger partial charge in [-0.3, -0.25) is 0 Å². The summed E-state index contributed by atoms with van der Waals surface area (Å²) in [5, 5.41) is 0. The van der Waals surface area contributed by atoms with Crippen molar-refractivity contribution >= 4 is 15.9 Å². The second-order valence-corrected chi connectivity index (χ2v) is 6.70. The van der Waals surface area contributed by atoms with Crippen molar-refractivity contribution in [3.05, 3.63) is 34.3 Å². The number of halogens is 1. The molecule has 4 fully saturated rings. The minimum Gasteiger partial charge on any atom is -0.315 e. The first-order chi connectivity index (χ1) is 8.96. The van der Waals surface area contributed by atoms with Crippen molar-refractivity contribution < 1.29 is 19.2 Å². The third-order valence-corrected chi connectivity index (χ3v) is 4.87. The molecule has 4 nitrogen and oxygen atoms in total. The molecule has 102 valence electrons. The van der Waals surface area contributed by atoms with Crippen molar-refractivity contribution in [2.45, 2.75) is 44.1 Å². The second kappa shape index (κ2) is 3.59. The Balaban J connectivity index is 1.84. The maximum atomic E-state index is 6.16. The normalized spacial score (nSPS) is 47.6. The fraction of sp³-hybridized carbons (Fsp3) is 0.571. The van der Waals surface area contributed by atoms with Gasteiger partial charge in [0.1, 0.15) is 0 Å². The molecule has 4 heterocycles. The van der Waals surface area contributed by atoms with Gasteiger partial charge in [0.05, 0.1) is 5.92 Å². The van der Waals surface area contributed by atoms with Crippen LogP contribution in [0.2, 0.25) is 0 Å². The van der Waals surface area contributed by atoms with Gasteiger partial charge in [0.2, 0.25) is 11.6 Å². The Kier molecular flexibility index (Phi) is 2.33. The smallest absolute Gasteiger partial charge is 0.238 e. The molecule has 0 radical (unpaired) electrons. The zero-order valence-corrected chi connectivity index (χ0v) is 12.4. The highest BCUT2D eigenvalue weighted by molar-refractivity contribution is 9.10. The summed E-state index contributed by atoms with van der Waals surface area (Å²) < 4.78 is 13.1. The van der Waals surface area contributed by atoms with E-state index in [9.17, 15) is 0 Å². The highest BCUT2D eigenvalue weighted by atomic mass is 79.9. The molecular weight excluding hydrogens is 312 g/mol. The molecule has 5 rings (SSSR count). The van der Waals surface area contributed by atoms with Crippen molar-refractivity contribution in [1.29, 1.82) is 0 Å². The first kappa shape index (κ1) is 12.3. The van der Waals surface area contributed by atoms with E-state index in [0.717, 1.165) is 22.9 Å². The van der Waals surface area contributed by atoms with E-state index in [4.69, 9.17) is 19.2 Å². The fourth-order valence-electron chi connectivity index (χ4n) is 3.50. The molecular formula is C14H15BrO4. The van der Waals surface area contributed by atoms with E-state index in [-0.39, 0.29) is 5.92 Å². The average molecular weight is 327 g/mol. The van der Waals surface area contributed by atoms with Crippen LogP contribution in [-0.2, 0) is 25.0 Å². The molecule has 0 aliphatic carbocycles. The molecule has 1 aromatic rings. The van der Waals surface area contributed by atoms with Crippen LogP contribution in [0.1, 0.15) is 32.3 Å². The first-order valence-electron chi connectivity index (χ1n) is 6.49. The van der Waals surface area contributed by atoms with Crippen molar-refractivity contribution in [3.8, 4) is 0 Å². The Hall–Kier alpha value is -0.460. The monoisotopic (exact) mass is 326 g/mol. The summed E-state index contributed by atoms with van der Waals surface area (Å²) in [4.78, 5) is 11.1. The lowest BCUT2D eigenvalue weighted by Gasteiger charge is -2.54. The minimum absolute atomic E-state index is 0.0444. The largest absolute Gasteiger partial charge is 0.315 e. The van der Waals surface area contributed by atoms with E-state index < -0.39 is 17.4 Å². The molecule has 4 atom stereocenters. The van der Waals surface area contributed by atoms with Crippen LogP contribution >= 0.6 is 15.9 Å². The maximum absolute atomic E-state index is 6.16. The Morgan fingerprint density at radius 1 is 1.11 bits per heavy atom. The van der Waals surface area contributed by atoms with Crippen LogP contribution in [-0.4, -0.2) is 11.6 Å². The second-order valence-electron chi connectivity index (χ2n) is 5.79. The molecule has 4 aliphatic rings. The van der Waals surface area contributed by atoms with Crippen LogP contribution in [0.25, 0.3) is 0 Å². The van der Waals surface area contributed by atoms with Crippen LogP contribution in [0.15, 0.2) is 28.7 Å². The molecule has 0 N–H and O–H groups in total. The summed E-state index contributed by atoms with van der Waals surface area (Å²) in [7, 11) is 0. The Morgan fingerprint density at radius 3 is 2.53 bits per heavy atom. The number of fused-ring (bicyclic) bond motifs is 1. The predicted octanol–water partition coefficient (Wildman–Crippen LogP) is 3.45. The standard InChI is InChI=1S/C14H15BrO4/c1-12-8-7-11-13(2,16-12)18-19-14(11,17-12)9-3-5-10(15)6-4-9/h3-6,11H,7-8H2,1-2H3/t11?,12?,13-,14+/m1/s1. The van der Waals surface area contributed by atoms with Crippen LogP contribution in [0.4, 0.5) is 0 Å². The Morgan fingerprint density at radius 2 is 1.84 bits per heavy atom. The minimum atomic E-state index is -0.847. The van der Waals surface area contributed by atoms with E-state index in [1.165, 1.54) is 0 Å². The van der Waals surface area contributed by atoms with E-state index >= 15 is 0 Å². The lowest BCUT2D eigenvalue weighted by atomic mass is 9.76. The van der Waals surface area contributed by atoms with Gasteiger partial charge in [0.15, 0.2) is 5.79 Å². The summed E-state index contributed by atoms with van der Waals surface area (Å²) in [6.07, 6.45) is 1.82. The van der Waals surface area contributed by atoms with Gasteiger partial charge in [0.25, 0.3) is 0 Å². The van der Waals surface area contributed by atoms with Gasteiger partial charge >= 0.3 is 0 Å². The molecule has 0 saturated carbocycles. The summed E-state index contributed by atoms with van der Waals surface area (Å²) in [6.45, 7) is 3.88. The highest BCUT2D eigenvalue weighted by Crippen LogP contribution is 2.62. The summed E-state index contributed by atoms with van der Waals surface area (Å²) in [5.41, 5.74) is 0.971. The van der Waals surface area contributed by atoms with Crippen molar-refractivity contribution in [2.24, 2.45) is 5.92 Å². The van der Waals surface area contributed by atoms with E-state index in [1.54, 1.807) is 0 Å². The van der Waals surface area contributed by atoms with Crippen LogP contribution in [0.3, 0.4) is 0 Å². The fourth-order valence-corrected chi connectivity index (χ4v) is 3.77. The van der Waals surface area contributed by atoms with Gasteiger partial charge in [-0.25, -0.2) is 0 Å². The highest BCUT2D eigenvalue weighted by Gasteiger charge is 2.72. The lowest BCUT2D eigenvalue weighted by molar-refractivity contribution is -0.433. The zero-order chi connectivity index (χ0) is 13.3. The summed E-state index contributed by atoms with van der Waals surface area (Å²) in [5.74, 6) is -2.17. The van der Waals surface area contributed by atoms with E-state index in [2.05, 4.69) is 15.9 Å². The Bertz CT molecular complexity index is 533. The molecule has 0 amide bonds. The molecule has 5 heteroatoms. The van der Waals surface area contributed by atoms with Gasteiger partial charge in [0, 0.05) is 16.5 Å². The molecule has 0 aromatic heterocycles. The van der Waals surface area contributed by atoms with Crippen molar-refractivity contribution in [1.82, 2.24) is 0 Å². The van der Waals surface area contributed by atoms with Gasteiger partial charge in [-0.05, 0) is 32.4 Å². The Labute approximate surface area is 120 Å². The van der Waals surface area contributed by atoms with Crippen molar-refractivity contribution in [2.75, 3.05) is 0 Å². The molecule has 2 unspecified atom stereocenters. The maximum Gasteiger partial charge on any atom is 0.238 e. The third kappa shape index (κ3) is 1.53. The van der Waals surface area contributed by atoms with E-state index in [0.29, 0.717) is 0 Å². The molecule has 1 aromatic carbocycles. The topological polar surface area (TPSA) is 36.9 Å². The molecule has 4 saturated heterocycles. The first-order valence-corrected chi connectivity index (χ1v) is 7.28. The SMILES string of the molecule is CC12CCC3[C@@](C)(OO[C@]3(c3ccc(Br)cc3)O1)O2. The van der Waals surface area contributed by atoms with Crippen LogP contribution in [0.5, 0.6) is 0 Å². The van der Waals surface area contributed by atoms with Gasteiger partial charge in [-0.1, -0.05) is 28.1 Å². The zero-order valence-electron chi connectivity index (χ0n) is 10.8. The summed E-state index contributed by atoms with van der Waals surface area (Å²) >= 11 is 3.44. The third-order valence-electron chi connectivity index (χ3n) is 4.34.